The molecule has 3 aromatic rings. The fourth-order valence-corrected chi connectivity index (χ4v) is 5.05. The van der Waals surface area contributed by atoms with Gasteiger partial charge in [-0.05, 0) is 36.4 Å². The Morgan fingerprint density at radius 1 is 1.24 bits per heavy atom. The third kappa shape index (κ3) is 4.26. The number of nitrogens with zero attached hydrogens (tertiary/aromatic N) is 4. The maximum Gasteiger partial charge on any atom is 0.355 e. The molecule has 33 heavy (non-hydrogen) atoms. The molecule has 1 aliphatic carbocycles. The molecule has 1 saturated carbocycles. The molecular weight excluding hydrogens is 423 g/mol. The highest BCUT2D eigenvalue weighted by molar-refractivity contribution is 5.92. The van der Waals surface area contributed by atoms with Crippen molar-refractivity contribution in [3.63, 3.8) is 0 Å². The lowest BCUT2D eigenvalue weighted by molar-refractivity contribution is -0.260. The number of halogens is 1. The number of fused-ring (bicyclic) bond motifs is 1. The predicted molar refractivity (Wildman–Crippen MR) is 121 cm³/mol. The number of pyridine rings is 2. The lowest BCUT2D eigenvalue weighted by atomic mass is 10.0. The molecule has 170 valence electrons. The number of anilines is 1. The van der Waals surface area contributed by atoms with Crippen molar-refractivity contribution in [1.29, 1.82) is 0 Å². The minimum absolute atomic E-state index is 0.184. The van der Waals surface area contributed by atoms with Gasteiger partial charge in [-0.2, -0.15) is 4.39 Å². The Hall–Kier alpha value is -3.51. The minimum atomic E-state index is -0.626. The summed E-state index contributed by atoms with van der Waals surface area (Å²) >= 11 is 0. The smallest absolute Gasteiger partial charge is 0.355 e. The van der Waals surface area contributed by atoms with E-state index in [0.717, 1.165) is 56.8 Å². The Labute approximate surface area is 190 Å². The van der Waals surface area contributed by atoms with Crippen molar-refractivity contribution in [2.45, 2.75) is 31.2 Å². The number of rotatable bonds is 4. The van der Waals surface area contributed by atoms with E-state index >= 15 is 0 Å². The van der Waals surface area contributed by atoms with E-state index in [2.05, 4.69) is 36.3 Å². The normalized spacial score (nSPS) is 21.2. The Bertz CT molecular complexity index is 1220. The standard InChI is InChI=1S/C24H25FN6O2/c1-26-24(33)20-5-4-18(14-28-20)31-8-6-30(7-9-31)17-3-2-15(10-17)21-12-22-19(23(32)29-21)11-16(25)13-27-22/h4-5,11-12,14-15,17H,2-3,6-10H2,1H3,(H,26,33)/p+1/t15-,17+/m1/s1. The van der Waals surface area contributed by atoms with E-state index in [1.165, 1.54) is 6.07 Å². The summed E-state index contributed by atoms with van der Waals surface area (Å²) in [6.45, 7) is 3.72. The monoisotopic (exact) mass is 449 g/mol. The molecule has 0 aromatic carbocycles. The molecule has 2 aliphatic rings. The van der Waals surface area contributed by atoms with Gasteiger partial charge in [0.05, 0.1) is 18.0 Å². The topological polar surface area (TPSA) is 95.4 Å². The average Bonchev–Trinajstić information content (AvgIpc) is 3.34. The zero-order valence-corrected chi connectivity index (χ0v) is 18.5. The molecule has 2 atom stereocenters. The van der Waals surface area contributed by atoms with E-state index in [1.807, 2.05) is 12.1 Å². The molecule has 0 unspecified atom stereocenters. The van der Waals surface area contributed by atoms with Crippen LogP contribution in [0.1, 0.15) is 41.4 Å². The molecule has 2 N–H and O–H groups in total. The number of aromatic amines is 1. The minimum Gasteiger partial charge on any atom is -0.368 e. The van der Waals surface area contributed by atoms with Crippen molar-refractivity contribution in [3.8, 4) is 0 Å². The molecule has 2 fully saturated rings. The number of carbonyl (C=O) groups excluding carboxylic acids is 1. The van der Waals surface area contributed by atoms with Gasteiger partial charge in [0, 0.05) is 56.9 Å². The molecule has 5 rings (SSSR count). The van der Waals surface area contributed by atoms with Gasteiger partial charge in [-0.25, -0.2) is 4.98 Å². The number of carbonyl (C=O) groups is 1. The second kappa shape index (κ2) is 8.79. The van der Waals surface area contributed by atoms with Crippen molar-refractivity contribution in [3.05, 3.63) is 64.2 Å². The van der Waals surface area contributed by atoms with Gasteiger partial charge >= 0.3 is 11.7 Å². The Kier molecular flexibility index (Phi) is 5.68. The van der Waals surface area contributed by atoms with Gasteiger partial charge in [0.15, 0.2) is 0 Å². The van der Waals surface area contributed by atoms with Crippen LogP contribution in [0.3, 0.4) is 0 Å². The summed E-state index contributed by atoms with van der Waals surface area (Å²) in [7, 11) is 1.60. The van der Waals surface area contributed by atoms with Crippen LogP contribution in [-0.2, 0) is 0 Å². The molecule has 0 spiro atoms. The number of amides is 1. The second-order valence-corrected chi connectivity index (χ2v) is 8.74. The van der Waals surface area contributed by atoms with Crippen LogP contribution in [0.2, 0.25) is 0 Å². The van der Waals surface area contributed by atoms with Gasteiger partial charge in [-0.1, -0.05) is 0 Å². The summed E-state index contributed by atoms with van der Waals surface area (Å²) in [5.74, 6) is -0.548. The third-order valence-electron chi connectivity index (χ3n) is 6.87. The van der Waals surface area contributed by atoms with E-state index in [-0.39, 0.29) is 22.8 Å². The summed E-state index contributed by atoms with van der Waals surface area (Å²) in [6.07, 6.45) is 7.13. The van der Waals surface area contributed by atoms with Gasteiger partial charge in [0.25, 0.3) is 17.3 Å². The van der Waals surface area contributed by atoms with E-state index in [9.17, 15) is 14.0 Å². The zero-order chi connectivity index (χ0) is 22.9. The maximum absolute atomic E-state index is 13.4. The van der Waals surface area contributed by atoms with Crippen molar-refractivity contribution in [1.82, 2.24) is 20.2 Å². The molecule has 9 heteroatoms. The van der Waals surface area contributed by atoms with Crippen LogP contribution in [0.5, 0.6) is 0 Å². The van der Waals surface area contributed by atoms with Crippen LogP contribution in [0.15, 0.2) is 35.3 Å². The SMILES string of the molecule is CNC(=O)c1ccc(N2CCN([C@H]3CC[C@@H](c4cc5[n+]#cc(F)cc5c(=O)[nH]4)C3)CC2)cn1. The summed E-state index contributed by atoms with van der Waals surface area (Å²) in [5, 5.41) is 2.85. The van der Waals surface area contributed by atoms with Gasteiger partial charge in [0.1, 0.15) is 11.1 Å². The quantitative estimate of drug-likeness (QED) is 0.623. The molecule has 0 bridgehead atoms. The summed E-state index contributed by atoms with van der Waals surface area (Å²) in [5.41, 5.74) is 2.52. The van der Waals surface area contributed by atoms with E-state index in [1.54, 1.807) is 19.3 Å². The van der Waals surface area contributed by atoms with Gasteiger partial charge < -0.3 is 15.2 Å². The largest absolute Gasteiger partial charge is 0.368 e. The second-order valence-electron chi connectivity index (χ2n) is 8.74. The summed E-state index contributed by atoms with van der Waals surface area (Å²) in [6, 6.07) is 7.23. The summed E-state index contributed by atoms with van der Waals surface area (Å²) in [4.78, 5) is 40.1. The molecule has 0 radical (unpaired) electrons. The molecule has 4 heterocycles. The lowest BCUT2D eigenvalue weighted by Crippen LogP contribution is -2.49. The van der Waals surface area contributed by atoms with E-state index in [4.69, 9.17) is 0 Å². The molecule has 8 nitrogen and oxygen atoms in total. The molecule has 3 aromatic heterocycles. The van der Waals surface area contributed by atoms with Crippen molar-refractivity contribution >= 4 is 22.5 Å². The van der Waals surface area contributed by atoms with Crippen LogP contribution in [0, 0.1) is 12.0 Å². The highest BCUT2D eigenvalue weighted by Gasteiger charge is 2.33. The number of aromatic nitrogens is 3. The predicted octanol–water partition coefficient (Wildman–Crippen LogP) is 1.28. The highest BCUT2D eigenvalue weighted by atomic mass is 19.1. The zero-order valence-electron chi connectivity index (χ0n) is 18.5. The Balaban J connectivity index is 1.21. The first kappa shape index (κ1) is 21.3. The lowest BCUT2D eigenvalue weighted by Gasteiger charge is -2.39. The number of H-pyrrole nitrogens is 1. The van der Waals surface area contributed by atoms with Crippen LogP contribution >= 0.6 is 0 Å². The molecular formula is C24H26FN6O2+. The van der Waals surface area contributed by atoms with Crippen molar-refractivity contribution in [2.75, 3.05) is 38.1 Å². The van der Waals surface area contributed by atoms with Crippen LogP contribution < -0.4 is 20.8 Å². The first-order valence-corrected chi connectivity index (χ1v) is 11.3. The number of hydrogen-bond acceptors (Lipinski definition) is 5. The number of hydrogen-bond donors (Lipinski definition) is 2. The first-order chi connectivity index (χ1) is 16.0. The highest BCUT2D eigenvalue weighted by Crippen LogP contribution is 2.36. The maximum atomic E-state index is 13.4. The first-order valence-electron chi connectivity index (χ1n) is 11.3. The van der Waals surface area contributed by atoms with Gasteiger partial charge in [-0.3, -0.25) is 14.5 Å². The van der Waals surface area contributed by atoms with Crippen LogP contribution in [0.4, 0.5) is 10.1 Å². The molecule has 1 saturated heterocycles. The summed E-state index contributed by atoms with van der Waals surface area (Å²) < 4.78 is 13.4. The fraction of sp³-hybridized carbons (Fsp3) is 0.417. The van der Waals surface area contributed by atoms with Gasteiger partial charge in [-0.15, -0.1) is 0 Å². The van der Waals surface area contributed by atoms with Crippen LogP contribution in [-0.4, -0.2) is 60.0 Å². The Morgan fingerprint density at radius 2 is 2.06 bits per heavy atom. The van der Waals surface area contributed by atoms with Crippen molar-refractivity contribution in [2.24, 2.45) is 0 Å². The Morgan fingerprint density at radius 3 is 2.79 bits per heavy atom. The molecule has 1 amide bonds. The third-order valence-corrected chi connectivity index (χ3v) is 6.87. The number of nitrogens with one attached hydrogen (secondary N) is 2. The number of piperazine rings is 1. The van der Waals surface area contributed by atoms with Crippen LogP contribution in [0.25, 0.3) is 10.9 Å². The average molecular weight is 450 g/mol. The van der Waals surface area contributed by atoms with Crippen molar-refractivity contribution < 1.29 is 14.2 Å². The molecule has 1 aliphatic heterocycles. The fourth-order valence-electron chi connectivity index (χ4n) is 5.05. The van der Waals surface area contributed by atoms with Gasteiger partial charge in [0.2, 0.25) is 0 Å². The van der Waals surface area contributed by atoms with E-state index < -0.39 is 5.82 Å². The van der Waals surface area contributed by atoms with E-state index in [0.29, 0.717) is 17.3 Å².